The minimum absolute atomic E-state index is 0.328. The minimum Gasteiger partial charge on any atom is -0.494 e. The summed E-state index contributed by atoms with van der Waals surface area (Å²) in [5.74, 6) is 0.953. The molecule has 1 saturated carbocycles. The molecule has 0 radical (unpaired) electrons. The van der Waals surface area contributed by atoms with Gasteiger partial charge in [0.1, 0.15) is 5.75 Å². The normalized spacial score (nSPS) is 16.4. The van der Waals surface area contributed by atoms with Gasteiger partial charge in [-0.1, -0.05) is 25.5 Å². The summed E-state index contributed by atoms with van der Waals surface area (Å²) >= 11 is 0. The van der Waals surface area contributed by atoms with Gasteiger partial charge in [0, 0.05) is 18.6 Å². The third-order valence-corrected chi connectivity index (χ3v) is 3.96. The van der Waals surface area contributed by atoms with Crippen LogP contribution in [0.1, 0.15) is 51.1 Å². The molecule has 0 saturated heterocycles. The molecule has 0 heterocycles. The molecule has 2 rings (SSSR count). The Morgan fingerprint density at radius 1 is 1.35 bits per heavy atom. The molecule has 1 aromatic rings. The van der Waals surface area contributed by atoms with Gasteiger partial charge in [0.2, 0.25) is 0 Å². The van der Waals surface area contributed by atoms with E-state index >= 15 is 0 Å². The summed E-state index contributed by atoms with van der Waals surface area (Å²) in [7, 11) is 0. The Morgan fingerprint density at radius 2 is 2.15 bits per heavy atom. The molecule has 3 nitrogen and oxygen atoms in total. The van der Waals surface area contributed by atoms with E-state index in [2.05, 4.69) is 30.0 Å². The highest BCUT2D eigenvalue weighted by atomic mass is 16.5. The van der Waals surface area contributed by atoms with E-state index in [1.165, 1.54) is 31.2 Å². The summed E-state index contributed by atoms with van der Waals surface area (Å²) in [6.45, 7) is 6.81. The van der Waals surface area contributed by atoms with E-state index in [-0.39, 0.29) is 0 Å². The zero-order chi connectivity index (χ0) is 14.4. The van der Waals surface area contributed by atoms with Crippen LogP contribution in [0.2, 0.25) is 0 Å². The first-order valence-electron chi connectivity index (χ1n) is 7.98. The van der Waals surface area contributed by atoms with Crippen molar-refractivity contribution < 1.29 is 4.74 Å². The van der Waals surface area contributed by atoms with E-state index in [4.69, 9.17) is 10.5 Å². The van der Waals surface area contributed by atoms with Crippen molar-refractivity contribution in [3.05, 3.63) is 29.8 Å². The van der Waals surface area contributed by atoms with Gasteiger partial charge in [-0.15, -0.1) is 0 Å². The quantitative estimate of drug-likeness (QED) is 0.751. The van der Waals surface area contributed by atoms with Crippen LogP contribution in [0.5, 0.6) is 5.75 Å². The first-order valence-corrected chi connectivity index (χ1v) is 7.98. The van der Waals surface area contributed by atoms with Crippen molar-refractivity contribution in [3.8, 4) is 5.75 Å². The first-order chi connectivity index (χ1) is 9.80. The molecule has 1 atom stereocenters. The van der Waals surface area contributed by atoms with Gasteiger partial charge in [0.05, 0.1) is 6.61 Å². The van der Waals surface area contributed by atoms with E-state index in [1.54, 1.807) is 0 Å². The lowest BCUT2D eigenvalue weighted by Gasteiger charge is -2.31. The summed E-state index contributed by atoms with van der Waals surface area (Å²) in [6, 6.07) is 9.51. The van der Waals surface area contributed by atoms with Crippen LogP contribution in [0.15, 0.2) is 24.3 Å². The number of hydrogen-bond acceptors (Lipinski definition) is 3. The summed E-state index contributed by atoms with van der Waals surface area (Å²) in [5.41, 5.74) is 7.38. The van der Waals surface area contributed by atoms with E-state index < -0.39 is 0 Å². The highest BCUT2D eigenvalue weighted by Gasteiger charge is 2.33. The molecule has 0 bridgehead atoms. The van der Waals surface area contributed by atoms with Crippen LogP contribution in [0.3, 0.4) is 0 Å². The highest BCUT2D eigenvalue weighted by molar-refractivity contribution is 5.31. The zero-order valence-corrected chi connectivity index (χ0v) is 12.8. The summed E-state index contributed by atoms with van der Waals surface area (Å²) in [4.78, 5) is 2.61. The molecular formula is C17H28N2O. The second-order valence-electron chi connectivity index (χ2n) is 5.58. The van der Waals surface area contributed by atoms with Gasteiger partial charge >= 0.3 is 0 Å². The first kappa shape index (κ1) is 15.3. The maximum Gasteiger partial charge on any atom is 0.119 e. The van der Waals surface area contributed by atoms with Crippen LogP contribution in [0, 0.1) is 0 Å². The molecule has 0 aromatic heterocycles. The third-order valence-electron chi connectivity index (χ3n) is 3.96. The fraction of sp³-hybridized carbons (Fsp3) is 0.647. The minimum atomic E-state index is 0.328. The molecule has 20 heavy (non-hydrogen) atoms. The number of hydrogen-bond donors (Lipinski definition) is 1. The van der Waals surface area contributed by atoms with Crippen LogP contribution >= 0.6 is 0 Å². The largest absolute Gasteiger partial charge is 0.494 e. The SMILES string of the molecule is CCCCN(C1CC1)C(CN)c1cccc(OCC)c1. The van der Waals surface area contributed by atoms with E-state index in [0.717, 1.165) is 18.3 Å². The van der Waals surface area contributed by atoms with E-state index in [0.29, 0.717) is 19.2 Å². The summed E-state index contributed by atoms with van der Waals surface area (Å²) in [5, 5.41) is 0. The Morgan fingerprint density at radius 3 is 2.75 bits per heavy atom. The molecule has 0 spiro atoms. The fourth-order valence-electron chi connectivity index (χ4n) is 2.78. The number of benzene rings is 1. The lowest BCUT2D eigenvalue weighted by molar-refractivity contribution is 0.188. The lowest BCUT2D eigenvalue weighted by atomic mass is 10.0. The predicted octanol–water partition coefficient (Wildman–Crippen LogP) is 3.35. The Hall–Kier alpha value is -1.06. The van der Waals surface area contributed by atoms with Gasteiger partial charge < -0.3 is 10.5 Å². The van der Waals surface area contributed by atoms with Gasteiger partial charge in [-0.3, -0.25) is 4.90 Å². The number of ether oxygens (including phenoxy) is 1. The number of nitrogens with zero attached hydrogens (tertiary/aromatic N) is 1. The van der Waals surface area contributed by atoms with Gasteiger partial charge in [-0.25, -0.2) is 0 Å². The standard InChI is InChI=1S/C17H28N2O/c1-3-5-11-19(15-9-10-15)17(13-18)14-7-6-8-16(12-14)20-4-2/h6-8,12,15,17H,3-5,9-11,13,18H2,1-2H3. The van der Waals surface area contributed by atoms with Crippen molar-refractivity contribution in [2.45, 2.75) is 51.6 Å². The molecule has 1 aromatic carbocycles. The Balaban J connectivity index is 2.13. The number of nitrogens with two attached hydrogens (primary N) is 1. The molecule has 0 aliphatic heterocycles. The molecule has 1 unspecified atom stereocenters. The van der Waals surface area contributed by atoms with Gasteiger partial charge in [-0.05, 0) is 50.4 Å². The third kappa shape index (κ3) is 3.97. The Kier molecular flexibility index (Phi) is 5.86. The van der Waals surface area contributed by atoms with Crippen LogP contribution in [0.4, 0.5) is 0 Å². The van der Waals surface area contributed by atoms with Crippen molar-refractivity contribution in [2.75, 3.05) is 19.7 Å². The zero-order valence-electron chi connectivity index (χ0n) is 12.8. The van der Waals surface area contributed by atoms with Crippen LogP contribution in [-0.4, -0.2) is 30.6 Å². The lowest BCUT2D eigenvalue weighted by Crippen LogP contribution is -2.36. The van der Waals surface area contributed by atoms with E-state index in [1.807, 2.05) is 13.0 Å². The van der Waals surface area contributed by atoms with Crippen LogP contribution in [-0.2, 0) is 0 Å². The van der Waals surface area contributed by atoms with Crippen LogP contribution in [0.25, 0.3) is 0 Å². The van der Waals surface area contributed by atoms with Crippen molar-refractivity contribution in [1.82, 2.24) is 4.90 Å². The van der Waals surface area contributed by atoms with Crippen molar-refractivity contribution >= 4 is 0 Å². The summed E-state index contributed by atoms with van der Waals surface area (Å²) < 4.78 is 5.62. The van der Waals surface area contributed by atoms with Gasteiger partial charge in [0.15, 0.2) is 0 Å². The van der Waals surface area contributed by atoms with Crippen LogP contribution < -0.4 is 10.5 Å². The maximum atomic E-state index is 6.08. The highest BCUT2D eigenvalue weighted by Crippen LogP contribution is 2.35. The summed E-state index contributed by atoms with van der Waals surface area (Å²) in [6.07, 6.45) is 5.13. The van der Waals surface area contributed by atoms with E-state index in [9.17, 15) is 0 Å². The molecule has 1 fully saturated rings. The van der Waals surface area contributed by atoms with Crippen molar-refractivity contribution in [1.29, 1.82) is 0 Å². The molecule has 0 amide bonds. The topological polar surface area (TPSA) is 38.5 Å². The Labute approximate surface area is 123 Å². The second-order valence-corrected chi connectivity index (χ2v) is 5.58. The Bertz CT molecular complexity index is 404. The van der Waals surface area contributed by atoms with Crippen molar-refractivity contribution in [3.63, 3.8) is 0 Å². The molecule has 112 valence electrons. The monoisotopic (exact) mass is 276 g/mol. The van der Waals surface area contributed by atoms with Crippen molar-refractivity contribution in [2.24, 2.45) is 5.73 Å². The molecular weight excluding hydrogens is 248 g/mol. The smallest absolute Gasteiger partial charge is 0.119 e. The number of rotatable bonds is 9. The predicted molar refractivity (Wildman–Crippen MR) is 84.0 cm³/mol. The average molecular weight is 276 g/mol. The molecule has 2 N–H and O–H groups in total. The molecule has 3 heteroatoms. The second kappa shape index (κ2) is 7.65. The molecule has 1 aliphatic rings. The number of unbranched alkanes of at least 4 members (excludes halogenated alkanes) is 1. The van der Waals surface area contributed by atoms with Gasteiger partial charge in [0.25, 0.3) is 0 Å². The van der Waals surface area contributed by atoms with Gasteiger partial charge in [-0.2, -0.15) is 0 Å². The fourth-order valence-corrected chi connectivity index (χ4v) is 2.78. The molecule has 1 aliphatic carbocycles. The average Bonchev–Trinajstić information content (AvgIpc) is 3.28. The maximum absolute atomic E-state index is 6.08.